The van der Waals surface area contributed by atoms with Crippen molar-refractivity contribution in [1.29, 1.82) is 0 Å². The second-order valence-corrected chi connectivity index (χ2v) is 8.50. The average Bonchev–Trinajstić information content (AvgIpc) is 2.77. The molecule has 3 nitrogen and oxygen atoms in total. The molecule has 0 atom stereocenters. The summed E-state index contributed by atoms with van der Waals surface area (Å²) in [4.78, 5) is 4.91. The van der Waals surface area contributed by atoms with Crippen LogP contribution in [0, 0.1) is 0 Å². The van der Waals surface area contributed by atoms with Crippen LogP contribution >= 0.6 is 59.6 Å². The molecule has 0 unspecified atom stereocenters. The molecule has 0 saturated carbocycles. The number of rotatable bonds is 1. The minimum atomic E-state index is 0.0829. The molecule has 7 heteroatoms. The van der Waals surface area contributed by atoms with Crippen molar-refractivity contribution in [3.05, 3.63) is 25.6 Å². The van der Waals surface area contributed by atoms with E-state index in [4.69, 9.17) is 9.73 Å². The van der Waals surface area contributed by atoms with Gasteiger partial charge in [0.15, 0.2) is 5.17 Å². The van der Waals surface area contributed by atoms with Crippen molar-refractivity contribution in [2.75, 3.05) is 24.3 Å². The van der Waals surface area contributed by atoms with Gasteiger partial charge in [0.05, 0.1) is 11.2 Å². The third-order valence-corrected chi connectivity index (χ3v) is 6.34. The molecule has 2 heterocycles. The zero-order valence-corrected chi connectivity index (χ0v) is 16.2. The normalized spacial score (nSPS) is 21.1. The molecule has 0 amide bonds. The van der Waals surface area contributed by atoms with Gasteiger partial charge in [-0.15, -0.1) is 0 Å². The Kier molecular flexibility index (Phi) is 4.82. The quantitative estimate of drug-likeness (QED) is 0.606. The number of hydrogen-bond donors (Lipinski definition) is 1. The number of nitrogens with zero attached hydrogens (tertiary/aromatic N) is 1. The molecular formula is C13H13Br3N2OS. The van der Waals surface area contributed by atoms with Crippen LogP contribution in [-0.4, -0.2) is 29.7 Å². The fourth-order valence-corrected chi connectivity index (χ4v) is 5.97. The van der Waals surface area contributed by atoms with E-state index in [1.54, 1.807) is 11.8 Å². The number of nitrogens with one attached hydrogen (secondary N) is 1. The first-order valence-corrected chi connectivity index (χ1v) is 9.66. The Labute approximate surface area is 147 Å². The first-order chi connectivity index (χ1) is 9.58. The van der Waals surface area contributed by atoms with Crippen LogP contribution in [0.25, 0.3) is 0 Å². The highest BCUT2D eigenvalue weighted by molar-refractivity contribution is 9.11. The number of amidine groups is 1. The van der Waals surface area contributed by atoms with Gasteiger partial charge in [-0.3, -0.25) is 4.99 Å². The van der Waals surface area contributed by atoms with Crippen LogP contribution in [0.1, 0.15) is 12.8 Å². The third-order valence-electron chi connectivity index (χ3n) is 3.48. The number of ether oxygens (including phenoxy) is 1. The molecule has 1 spiro atoms. The van der Waals surface area contributed by atoms with Crippen LogP contribution in [0.4, 0.5) is 5.69 Å². The number of aliphatic imine (C=N–C) groups is 1. The monoisotopic (exact) mass is 482 g/mol. The lowest BCUT2D eigenvalue weighted by molar-refractivity contribution is 0.0624. The van der Waals surface area contributed by atoms with Crippen molar-refractivity contribution in [2.45, 2.75) is 18.4 Å². The minimum absolute atomic E-state index is 0.0829. The highest BCUT2D eigenvalue weighted by Crippen LogP contribution is 2.39. The van der Waals surface area contributed by atoms with E-state index in [9.17, 15) is 0 Å². The highest BCUT2D eigenvalue weighted by Gasteiger charge is 2.37. The van der Waals surface area contributed by atoms with Gasteiger partial charge in [-0.05, 0) is 56.8 Å². The van der Waals surface area contributed by atoms with Gasteiger partial charge >= 0.3 is 0 Å². The topological polar surface area (TPSA) is 33.6 Å². The lowest BCUT2D eigenvalue weighted by Crippen LogP contribution is -2.34. The van der Waals surface area contributed by atoms with E-state index < -0.39 is 0 Å². The van der Waals surface area contributed by atoms with E-state index >= 15 is 0 Å². The smallest absolute Gasteiger partial charge is 0.161 e. The number of thioether (sulfide) groups is 1. The molecule has 2 aliphatic rings. The van der Waals surface area contributed by atoms with Gasteiger partial charge in [0.2, 0.25) is 0 Å². The van der Waals surface area contributed by atoms with E-state index in [1.165, 1.54) is 0 Å². The Bertz CT molecular complexity index is 536. The van der Waals surface area contributed by atoms with Gasteiger partial charge in [-0.2, -0.15) is 0 Å². The predicted molar refractivity (Wildman–Crippen MR) is 95.8 cm³/mol. The summed E-state index contributed by atoms with van der Waals surface area (Å²) in [5.74, 6) is 1.05. The lowest BCUT2D eigenvalue weighted by Gasteiger charge is -2.29. The molecule has 2 aliphatic heterocycles. The molecular weight excluding hydrogens is 472 g/mol. The molecule has 108 valence electrons. The van der Waals surface area contributed by atoms with Crippen LogP contribution in [0.15, 0.2) is 30.5 Å². The zero-order valence-electron chi connectivity index (χ0n) is 10.6. The number of halogens is 3. The van der Waals surface area contributed by atoms with Crippen LogP contribution in [0.3, 0.4) is 0 Å². The summed E-state index contributed by atoms with van der Waals surface area (Å²) in [5.41, 5.74) is 1.10. The molecule has 1 saturated heterocycles. The number of anilines is 1. The maximum Gasteiger partial charge on any atom is 0.161 e. The molecule has 1 aromatic rings. The summed E-state index contributed by atoms with van der Waals surface area (Å²) >= 11 is 12.4. The summed E-state index contributed by atoms with van der Waals surface area (Å²) in [6.07, 6.45) is 2.04. The minimum Gasteiger partial charge on any atom is -0.381 e. The molecule has 1 fully saturated rings. The van der Waals surface area contributed by atoms with Crippen molar-refractivity contribution in [3.63, 3.8) is 0 Å². The van der Waals surface area contributed by atoms with E-state index in [0.717, 1.165) is 56.1 Å². The van der Waals surface area contributed by atoms with Gasteiger partial charge in [0.25, 0.3) is 0 Å². The standard InChI is InChI=1S/C13H13Br3N2OS/c14-8-5-9(15)11(10(16)6-8)17-12-18-13(7-20-12)1-3-19-4-2-13/h5-6H,1-4,7H2,(H,17,18). The Morgan fingerprint density at radius 1 is 1.15 bits per heavy atom. The van der Waals surface area contributed by atoms with Crippen molar-refractivity contribution < 1.29 is 4.74 Å². The molecule has 0 bridgehead atoms. The molecule has 20 heavy (non-hydrogen) atoms. The van der Waals surface area contributed by atoms with Crippen molar-refractivity contribution in [1.82, 2.24) is 0 Å². The van der Waals surface area contributed by atoms with Gasteiger partial charge in [-0.1, -0.05) is 27.7 Å². The molecule has 0 aliphatic carbocycles. The Morgan fingerprint density at radius 3 is 2.45 bits per heavy atom. The van der Waals surface area contributed by atoms with E-state index in [1.807, 2.05) is 12.1 Å². The zero-order chi connectivity index (χ0) is 14.2. The first kappa shape index (κ1) is 15.3. The second kappa shape index (κ2) is 6.28. The fourth-order valence-electron chi connectivity index (χ4n) is 2.32. The van der Waals surface area contributed by atoms with Crippen LogP contribution < -0.4 is 5.32 Å². The van der Waals surface area contributed by atoms with Crippen LogP contribution in [-0.2, 0) is 4.74 Å². The van der Waals surface area contributed by atoms with Crippen molar-refractivity contribution in [3.8, 4) is 0 Å². The van der Waals surface area contributed by atoms with Crippen LogP contribution in [0.2, 0.25) is 0 Å². The summed E-state index contributed by atoms with van der Waals surface area (Å²) in [7, 11) is 0. The lowest BCUT2D eigenvalue weighted by atomic mass is 9.93. The van der Waals surface area contributed by atoms with Crippen molar-refractivity contribution in [2.24, 2.45) is 4.99 Å². The largest absolute Gasteiger partial charge is 0.381 e. The van der Waals surface area contributed by atoms with E-state index in [2.05, 4.69) is 53.1 Å². The Balaban J connectivity index is 1.80. The van der Waals surface area contributed by atoms with Gasteiger partial charge in [0, 0.05) is 32.4 Å². The number of benzene rings is 1. The fraction of sp³-hybridized carbons (Fsp3) is 0.462. The maximum atomic E-state index is 5.44. The van der Waals surface area contributed by atoms with Gasteiger partial charge < -0.3 is 10.1 Å². The molecule has 3 rings (SSSR count). The average molecular weight is 485 g/mol. The second-order valence-electron chi connectivity index (χ2n) is 4.91. The molecule has 1 aromatic carbocycles. The first-order valence-electron chi connectivity index (χ1n) is 6.30. The molecule has 1 N–H and O–H groups in total. The van der Waals surface area contributed by atoms with Gasteiger partial charge in [0.1, 0.15) is 0 Å². The Hall–Kier alpha value is 0.440. The molecule has 0 aromatic heterocycles. The van der Waals surface area contributed by atoms with E-state index in [0.29, 0.717) is 0 Å². The summed E-state index contributed by atoms with van der Waals surface area (Å²) in [6, 6.07) is 4.05. The van der Waals surface area contributed by atoms with E-state index in [-0.39, 0.29) is 5.54 Å². The third kappa shape index (κ3) is 3.27. The SMILES string of the molecule is Brc1cc(Br)c(NC2=NC3(CCOCC3)CS2)c(Br)c1. The predicted octanol–water partition coefficient (Wildman–Crippen LogP) is 5.04. The Morgan fingerprint density at radius 2 is 1.80 bits per heavy atom. The summed E-state index contributed by atoms with van der Waals surface area (Å²) in [6.45, 7) is 1.64. The summed E-state index contributed by atoms with van der Waals surface area (Å²) in [5, 5.41) is 4.43. The van der Waals surface area contributed by atoms with Crippen LogP contribution in [0.5, 0.6) is 0 Å². The highest BCUT2D eigenvalue weighted by atomic mass is 79.9. The van der Waals surface area contributed by atoms with Crippen molar-refractivity contribution >= 4 is 70.4 Å². The maximum absolute atomic E-state index is 5.44. The summed E-state index contributed by atoms with van der Waals surface area (Å²) < 4.78 is 8.49. The van der Waals surface area contributed by atoms with Gasteiger partial charge in [-0.25, -0.2) is 0 Å². The molecule has 0 radical (unpaired) electrons. The number of hydrogen-bond acceptors (Lipinski definition) is 4.